The molecule has 5 rings (SSSR count). The molecule has 29 heavy (non-hydrogen) atoms. The van der Waals surface area contributed by atoms with Crippen LogP contribution < -0.4 is 0 Å². The second-order valence-electron chi connectivity index (χ2n) is 7.06. The minimum atomic E-state index is -3.60. The number of oxazole rings is 1. The van der Waals surface area contributed by atoms with Crippen LogP contribution in [0.25, 0.3) is 22.2 Å². The minimum Gasteiger partial charge on any atom is -0.439 e. The zero-order valence-electron chi connectivity index (χ0n) is 15.6. The van der Waals surface area contributed by atoms with E-state index in [2.05, 4.69) is 9.97 Å². The highest BCUT2D eigenvalue weighted by molar-refractivity contribution is 7.89. The summed E-state index contributed by atoms with van der Waals surface area (Å²) in [6, 6.07) is 17.8. The number of nitrogens with zero attached hydrogens (tertiary/aromatic N) is 3. The quantitative estimate of drug-likeness (QED) is 0.502. The Labute approximate surface area is 168 Å². The molecule has 146 valence electrons. The molecule has 0 saturated carbocycles. The fourth-order valence-corrected chi connectivity index (χ4v) is 5.48. The average molecular weight is 405 g/mol. The molecule has 0 spiro atoms. The van der Waals surface area contributed by atoms with Gasteiger partial charge in [-0.2, -0.15) is 4.31 Å². The van der Waals surface area contributed by atoms with Gasteiger partial charge in [0.05, 0.1) is 4.90 Å². The summed E-state index contributed by atoms with van der Waals surface area (Å²) < 4.78 is 33.7. The van der Waals surface area contributed by atoms with Gasteiger partial charge in [-0.05, 0) is 48.7 Å². The predicted molar refractivity (Wildman–Crippen MR) is 110 cm³/mol. The Hall–Kier alpha value is -3.03. The van der Waals surface area contributed by atoms with Crippen LogP contribution in [0, 0.1) is 0 Å². The summed E-state index contributed by atoms with van der Waals surface area (Å²) in [5, 5.41) is 0. The summed E-state index contributed by atoms with van der Waals surface area (Å²) in [7, 11) is -3.60. The number of hydrogen-bond donors (Lipinski definition) is 0. The Morgan fingerprint density at radius 2 is 1.86 bits per heavy atom. The number of pyridine rings is 1. The van der Waals surface area contributed by atoms with Gasteiger partial charge < -0.3 is 4.42 Å². The first-order chi connectivity index (χ1) is 14.1. The summed E-state index contributed by atoms with van der Waals surface area (Å²) in [4.78, 5) is 9.10. The minimum absolute atomic E-state index is 0.293. The molecular weight excluding hydrogens is 386 g/mol. The van der Waals surface area contributed by atoms with Gasteiger partial charge in [-0.1, -0.05) is 30.3 Å². The van der Waals surface area contributed by atoms with Gasteiger partial charge >= 0.3 is 0 Å². The molecule has 0 N–H and O–H groups in total. The van der Waals surface area contributed by atoms with E-state index in [1.807, 2.05) is 30.3 Å². The lowest BCUT2D eigenvalue weighted by Gasteiger charge is -2.21. The van der Waals surface area contributed by atoms with E-state index in [0.717, 1.165) is 17.5 Å². The number of sulfonamides is 1. The number of aromatic nitrogens is 2. The zero-order valence-corrected chi connectivity index (χ0v) is 16.4. The van der Waals surface area contributed by atoms with Gasteiger partial charge in [-0.25, -0.2) is 13.4 Å². The molecular formula is C22H19N3O3S. The number of benzene rings is 2. The average Bonchev–Trinajstić information content (AvgIpc) is 3.41. The summed E-state index contributed by atoms with van der Waals surface area (Å²) in [5.41, 5.74) is 3.35. The fraction of sp³-hybridized carbons (Fsp3) is 0.182. The number of rotatable bonds is 4. The van der Waals surface area contributed by atoms with Crippen LogP contribution in [0.1, 0.15) is 24.8 Å². The smallest absolute Gasteiger partial charge is 0.243 e. The molecule has 0 bridgehead atoms. The molecule has 4 aromatic rings. The monoisotopic (exact) mass is 405 g/mol. The third-order valence-corrected chi connectivity index (χ3v) is 7.16. The van der Waals surface area contributed by atoms with Crippen molar-refractivity contribution in [3.05, 3.63) is 78.9 Å². The second kappa shape index (κ2) is 7.09. The molecule has 3 heterocycles. The van der Waals surface area contributed by atoms with Gasteiger partial charge in [0.1, 0.15) is 11.6 Å². The van der Waals surface area contributed by atoms with Crippen LogP contribution in [0.5, 0.6) is 0 Å². The highest BCUT2D eigenvalue weighted by atomic mass is 32.2. The van der Waals surface area contributed by atoms with E-state index in [9.17, 15) is 8.42 Å². The van der Waals surface area contributed by atoms with Crippen LogP contribution in [0.15, 0.2) is 82.4 Å². The molecule has 7 heteroatoms. The lowest BCUT2D eigenvalue weighted by atomic mass is 10.1. The SMILES string of the molecule is O=S(=O)(c1ccccc1)N1CCCC1c1nc2cc(-c3cccnc3)ccc2o1. The van der Waals surface area contributed by atoms with Gasteiger partial charge in [-0.3, -0.25) is 4.98 Å². The molecule has 1 aliphatic heterocycles. The molecule has 1 saturated heterocycles. The Balaban J connectivity index is 1.51. The van der Waals surface area contributed by atoms with Crippen LogP contribution in [-0.4, -0.2) is 29.2 Å². The van der Waals surface area contributed by atoms with Crippen molar-refractivity contribution in [1.82, 2.24) is 14.3 Å². The van der Waals surface area contributed by atoms with Crippen molar-refractivity contribution in [3.8, 4) is 11.1 Å². The van der Waals surface area contributed by atoms with Crippen molar-refractivity contribution < 1.29 is 12.8 Å². The third-order valence-electron chi connectivity index (χ3n) is 5.24. The van der Waals surface area contributed by atoms with Crippen molar-refractivity contribution in [2.75, 3.05) is 6.54 Å². The van der Waals surface area contributed by atoms with E-state index < -0.39 is 16.1 Å². The molecule has 2 aromatic carbocycles. The molecule has 1 fully saturated rings. The van der Waals surface area contributed by atoms with E-state index >= 15 is 0 Å². The molecule has 1 aliphatic rings. The molecule has 1 unspecified atom stereocenters. The van der Waals surface area contributed by atoms with E-state index in [1.54, 1.807) is 42.7 Å². The lowest BCUT2D eigenvalue weighted by Crippen LogP contribution is -2.30. The van der Waals surface area contributed by atoms with E-state index in [4.69, 9.17) is 4.42 Å². The van der Waals surface area contributed by atoms with Crippen LogP contribution in [-0.2, 0) is 10.0 Å². The van der Waals surface area contributed by atoms with E-state index in [1.165, 1.54) is 4.31 Å². The van der Waals surface area contributed by atoms with Gasteiger partial charge in [0.15, 0.2) is 5.58 Å². The van der Waals surface area contributed by atoms with Gasteiger partial charge in [-0.15, -0.1) is 0 Å². The Morgan fingerprint density at radius 3 is 2.66 bits per heavy atom. The largest absolute Gasteiger partial charge is 0.439 e. The van der Waals surface area contributed by atoms with Crippen molar-refractivity contribution >= 4 is 21.1 Å². The molecule has 0 aliphatic carbocycles. The summed E-state index contributed by atoms with van der Waals surface area (Å²) >= 11 is 0. The van der Waals surface area contributed by atoms with Crippen molar-refractivity contribution in [3.63, 3.8) is 0 Å². The second-order valence-corrected chi connectivity index (χ2v) is 8.95. The first-order valence-corrected chi connectivity index (χ1v) is 10.9. The van der Waals surface area contributed by atoms with Crippen LogP contribution in [0.4, 0.5) is 0 Å². The molecule has 0 amide bonds. The fourth-order valence-electron chi connectivity index (χ4n) is 3.80. The maximum atomic E-state index is 13.1. The summed E-state index contributed by atoms with van der Waals surface area (Å²) in [5.74, 6) is 0.445. The highest BCUT2D eigenvalue weighted by Gasteiger charge is 2.38. The van der Waals surface area contributed by atoms with Crippen molar-refractivity contribution in [2.45, 2.75) is 23.8 Å². The van der Waals surface area contributed by atoms with E-state index in [0.29, 0.717) is 34.9 Å². The normalized spacial score (nSPS) is 17.7. The summed E-state index contributed by atoms with van der Waals surface area (Å²) in [6.45, 7) is 0.460. The third kappa shape index (κ3) is 3.22. The van der Waals surface area contributed by atoms with E-state index in [-0.39, 0.29) is 0 Å². The van der Waals surface area contributed by atoms with Crippen molar-refractivity contribution in [1.29, 1.82) is 0 Å². The standard InChI is InChI=1S/C22H19N3O3S/c26-29(27,18-7-2-1-3-8-18)25-13-5-9-20(25)22-24-19-14-16(10-11-21(19)28-22)17-6-4-12-23-15-17/h1-4,6-8,10-12,14-15,20H,5,9,13H2. The molecule has 0 radical (unpaired) electrons. The summed E-state index contributed by atoms with van der Waals surface area (Å²) in [6.07, 6.45) is 5.00. The highest BCUT2D eigenvalue weighted by Crippen LogP contribution is 2.37. The van der Waals surface area contributed by atoms with Gasteiger partial charge in [0, 0.05) is 24.5 Å². The van der Waals surface area contributed by atoms with Crippen LogP contribution >= 0.6 is 0 Å². The van der Waals surface area contributed by atoms with Crippen molar-refractivity contribution in [2.24, 2.45) is 0 Å². The van der Waals surface area contributed by atoms with Gasteiger partial charge in [0.25, 0.3) is 0 Å². The maximum Gasteiger partial charge on any atom is 0.243 e. The number of fused-ring (bicyclic) bond motifs is 1. The number of hydrogen-bond acceptors (Lipinski definition) is 5. The molecule has 6 nitrogen and oxygen atoms in total. The first-order valence-electron chi connectivity index (χ1n) is 9.51. The van der Waals surface area contributed by atoms with Gasteiger partial charge in [0.2, 0.25) is 15.9 Å². The predicted octanol–water partition coefficient (Wildman–Crippen LogP) is 4.42. The lowest BCUT2D eigenvalue weighted by molar-refractivity contribution is 0.337. The Morgan fingerprint density at radius 1 is 1.00 bits per heavy atom. The van der Waals surface area contributed by atoms with Crippen LogP contribution in [0.3, 0.4) is 0 Å². The topological polar surface area (TPSA) is 76.3 Å². The molecule has 1 atom stereocenters. The maximum absolute atomic E-state index is 13.1. The Kier molecular flexibility index (Phi) is 4.41. The Bertz CT molecular complexity index is 1250. The molecule has 2 aromatic heterocycles. The zero-order chi connectivity index (χ0) is 19.8. The first kappa shape index (κ1) is 18.0. The van der Waals surface area contributed by atoms with Crippen LogP contribution in [0.2, 0.25) is 0 Å².